The Balaban J connectivity index is 1.44. The van der Waals surface area contributed by atoms with E-state index in [1.807, 2.05) is 11.0 Å². The highest BCUT2D eigenvalue weighted by Crippen LogP contribution is 2.26. The summed E-state index contributed by atoms with van der Waals surface area (Å²) in [5.74, 6) is 1.27. The van der Waals surface area contributed by atoms with Crippen LogP contribution in [-0.4, -0.2) is 52.0 Å². The van der Waals surface area contributed by atoms with Crippen LogP contribution in [0.15, 0.2) is 29.1 Å². The number of nitrogens with zero attached hydrogens (tertiary/aromatic N) is 4. The third kappa shape index (κ3) is 2.61. The monoisotopic (exact) mass is 313 g/mol. The standard InChI is InChI=1S/C16H19N5O2/c22-15(20-9-11-7-17-8-12(11)10-20)5-6-21-16(23)13-3-1-2-4-14(13)18-19-21/h1-4,11-12,17H,5-10H2/t11-,12+. The third-order valence-electron chi connectivity index (χ3n) is 4.91. The highest BCUT2D eigenvalue weighted by Gasteiger charge is 2.37. The Bertz CT molecular complexity index is 790. The van der Waals surface area contributed by atoms with Gasteiger partial charge >= 0.3 is 0 Å². The molecule has 0 aliphatic carbocycles. The topological polar surface area (TPSA) is 80.1 Å². The molecule has 2 fully saturated rings. The number of hydrogen-bond acceptors (Lipinski definition) is 5. The molecule has 23 heavy (non-hydrogen) atoms. The molecule has 1 aromatic carbocycles. The highest BCUT2D eigenvalue weighted by atomic mass is 16.2. The van der Waals surface area contributed by atoms with Crippen molar-refractivity contribution in [1.29, 1.82) is 0 Å². The number of amides is 1. The van der Waals surface area contributed by atoms with Crippen LogP contribution in [0, 0.1) is 11.8 Å². The van der Waals surface area contributed by atoms with Gasteiger partial charge in [0.05, 0.1) is 11.9 Å². The minimum atomic E-state index is -0.189. The van der Waals surface area contributed by atoms with Gasteiger partial charge in [0.1, 0.15) is 5.52 Å². The Morgan fingerprint density at radius 3 is 2.74 bits per heavy atom. The van der Waals surface area contributed by atoms with Gasteiger partial charge in [0.15, 0.2) is 0 Å². The molecule has 0 saturated carbocycles. The Morgan fingerprint density at radius 2 is 1.96 bits per heavy atom. The average molecular weight is 313 g/mol. The maximum absolute atomic E-state index is 12.4. The van der Waals surface area contributed by atoms with Crippen molar-refractivity contribution in [2.24, 2.45) is 11.8 Å². The molecule has 7 nitrogen and oxygen atoms in total. The van der Waals surface area contributed by atoms with Crippen molar-refractivity contribution in [3.63, 3.8) is 0 Å². The molecule has 0 unspecified atom stereocenters. The molecule has 0 radical (unpaired) electrons. The predicted octanol–water partition coefficient (Wildman–Crippen LogP) is -0.141. The van der Waals surface area contributed by atoms with E-state index >= 15 is 0 Å². The number of carbonyl (C=O) groups is 1. The van der Waals surface area contributed by atoms with E-state index in [4.69, 9.17) is 0 Å². The summed E-state index contributed by atoms with van der Waals surface area (Å²) in [5, 5.41) is 11.9. The van der Waals surface area contributed by atoms with Crippen molar-refractivity contribution in [1.82, 2.24) is 25.2 Å². The number of likely N-dealkylation sites (tertiary alicyclic amines) is 1. The summed E-state index contributed by atoms with van der Waals surface area (Å²) >= 11 is 0. The van der Waals surface area contributed by atoms with Crippen LogP contribution in [0.1, 0.15) is 6.42 Å². The van der Waals surface area contributed by atoms with E-state index in [9.17, 15) is 9.59 Å². The van der Waals surface area contributed by atoms with E-state index in [0.29, 0.717) is 29.2 Å². The van der Waals surface area contributed by atoms with Crippen molar-refractivity contribution >= 4 is 16.8 Å². The zero-order chi connectivity index (χ0) is 15.8. The summed E-state index contributed by atoms with van der Waals surface area (Å²) < 4.78 is 1.29. The molecule has 0 bridgehead atoms. The van der Waals surface area contributed by atoms with Crippen molar-refractivity contribution in [2.75, 3.05) is 26.2 Å². The SMILES string of the molecule is O=C(CCn1nnc2ccccc2c1=O)N1C[C@H]2CNC[C@H]2C1. The molecule has 7 heteroatoms. The fourth-order valence-electron chi connectivity index (χ4n) is 3.59. The number of aryl methyl sites for hydroxylation is 1. The van der Waals surface area contributed by atoms with Crippen molar-refractivity contribution in [3.8, 4) is 0 Å². The van der Waals surface area contributed by atoms with Crippen LogP contribution in [0.2, 0.25) is 0 Å². The molecule has 2 aliphatic rings. The van der Waals surface area contributed by atoms with Gasteiger partial charge in [0.2, 0.25) is 5.91 Å². The lowest BCUT2D eigenvalue weighted by Crippen LogP contribution is -2.34. The van der Waals surface area contributed by atoms with Crippen LogP contribution in [0.4, 0.5) is 0 Å². The van der Waals surface area contributed by atoms with Crippen LogP contribution < -0.4 is 10.9 Å². The summed E-state index contributed by atoms with van der Waals surface area (Å²) in [7, 11) is 0. The van der Waals surface area contributed by atoms with E-state index in [-0.39, 0.29) is 18.0 Å². The van der Waals surface area contributed by atoms with Crippen LogP contribution >= 0.6 is 0 Å². The summed E-state index contributed by atoms with van der Waals surface area (Å²) in [4.78, 5) is 26.6. The molecule has 3 heterocycles. The highest BCUT2D eigenvalue weighted by molar-refractivity contribution is 5.77. The molecule has 2 atom stereocenters. The van der Waals surface area contributed by atoms with E-state index in [1.165, 1.54) is 4.68 Å². The lowest BCUT2D eigenvalue weighted by atomic mass is 10.0. The Kier molecular flexibility index (Phi) is 3.57. The van der Waals surface area contributed by atoms with Crippen LogP contribution in [0.25, 0.3) is 10.9 Å². The molecule has 0 spiro atoms. The lowest BCUT2D eigenvalue weighted by molar-refractivity contribution is -0.130. The smallest absolute Gasteiger partial charge is 0.277 e. The molecule has 1 amide bonds. The minimum Gasteiger partial charge on any atom is -0.342 e. The summed E-state index contributed by atoms with van der Waals surface area (Å²) in [5.41, 5.74) is 0.394. The van der Waals surface area contributed by atoms with E-state index in [2.05, 4.69) is 15.6 Å². The Labute approximate surface area is 133 Å². The Morgan fingerprint density at radius 1 is 1.22 bits per heavy atom. The number of nitrogens with one attached hydrogen (secondary N) is 1. The zero-order valence-electron chi connectivity index (χ0n) is 12.8. The van der Waals surface area contributed by atoms with E-state index < -0.39 is 0 Å². The number of benzene rings is 1. The number of rotatable bonds is 3. The summed E-state index contributed by atoms with van der Waals surface area (Å²) in [6, 6.07) is 7.12. The molecule has 2 aliphatic heterocycles. The molecule has 2 aromatic rings. The first-order valence-corrected chi connectivity index (χ1v) is 8.03. The van der Waals surface area contributed by atoms with Gasteiger partial charge in [-0.15, -0.1) is 5.10 Å². The zero-order valence-corrected chi connectivity index (χ0v) is 12.8. The fraction of sp³-hybridized carbons (Fsp3) is 0.500. The third-order valence-corrected chi connectivity index (χ3v) is 4.91. The van der Waals surface area contributed by atoms with Gasteiger partial charge in [-0.25, -0.2) is 4.68 Å². The lowest BCUT2D eigenvalue weighted by Gasteiger charge is -2.17. The van der Waals surface area contributed by atoms with Crippen LogP contribution in [0.5, 0.6) is 0 Å². The van der Waals surface area contributed by atoms with Gasteiger partial charge in [-0.05, 0) is 24.0 Å². The van der Waals surface area contributed by atoms with Crippen LogP contribution in [0.3, 0.4) is 0 Å². The average Bonchev–Trinajstić information content (AvgIpc) is 3.16. The quantitative estimate of drug-likeness (QED) is 0.853. The van der Waals surface area contributed by atoms with Gasteiger partial charge in [-0.3, -0.25) is 9.59 Å². The van der Waals surface area contributed by atoms with Gasteiger partial charge < -0.3 is 10.2 Å². The second-order valence-corrected chi connectivity index (χ2v) is 6.36. The van der Waals surface area contributed by atoms with Gasteiger partial charge in [0.25, 0.3) is 5.56 Å². The first kappa shape index (κ1) is 14.3. The summed E-state index contributed by atoms with van der Waals surface area (Å²) in [6.07, 6.45) is 0.291. The number of aromatic nitrogens is 3. The molecule has 2 saturated heterocycles. The van der Waals surface area contributed by atoms with Gasteiger partial charge in [-0.2, -0.15) is 0 Å². The molecule has 1 N–H and O–H groups in total. The van der Waals surface area contributed by atoms with E-state index in [0.717, 1.165) is 26.2 Å². The Hall–Kier alpha value is -2.28. The van der Waals surface area contributed by atoms with Crippen molar-refractivity contribution in [3.05, 3.63) is 34.6 Å². The van der Waals surface area contributed by atoms with Gasteiger partial charge in [0, 0.05) is 32.6 Å². The second kappa shape index (κ2) is 5.73. The normalized spacial score (nSPS) is 23.4. The van der Waals surface area contributed by atoms with E-state index in [1.54, 1.807) is 18.2 Å². The second-order valence-electron chi connectivity index (χ2n) is 6.36. The predicted molar refractivity (Wildman–Crippen MR) is 84.8 cm³/mol. The fourth-order valence-corrected chi connectivity index (χ4v) is 3.59. The number of fused-ring (bicyclic) bond motifs is 2. The largest absolute Gasteiger partial charge is 0.342 e. The molecular formula is C16H19N5O2. The molecule has 1 aromatic heterocycles. The van der Waals surface area contributed by atoms with Crippen molar-refractivity contribution < 1.29 is 4.79 Å². The molecular weight excluding hydrogens is 294 g/mol. The minimum absolute atomic E-state index is 0.0984. The number of carbonyl (C=O) groups excluding carboxylic acids is 1. The number of hydrogen-bond donors (Lipinski definition) is 1. The first-order valence-electron chi connectivity index (χ1n) is 8.03. The maximum Gasteiger partial charge on any atom is 0.277 e. The van der Waals surface area contributed by atoms with Crippen molar-refractivity contribution in [2.45, 2.75) is 13.0 Å². The molecule has 4 rings (SSSR count). The maximum atomic E-state index is 12.4. The first-order chi connectivity index (χ1) is 11.2. The molecule has 120 valence electrons. The summed E-state index contributed by atoms with van der Waals surface area (Å²) in [6.45, 7) is 3.94. The van der Waals surface area contributed by atoms with Crippen LogP contribution in [-0.2, 0) is 11.3 Å². The van der Waals surface area contributed by atoms with Gasteiger partial charge in [-0.1, -0.05) is 17.3 Å².